The molecule has 0 saturated carbocycles. The van der Waals surface area contributed by atoms with Crippen LogP contribution in [-0.4, -0.2) is 42.9 Å². The van der Waals surface area contributed by atoms with E-state index in [-0.39, 0.29) is 24.2 Å². The number of hydrogen-bond donors (Lipinski definition) is 1. The Kier molecular flexibility index (Phi) is 7.55. The summed E-state index contributed by atoms with van der Waals surface area (Å²) in [6.45, 7) is 2.79. The Balaban J connectivity index is 0.00000272. The molecule has 160 valence electrons. The van der Waals surface area contributed by atoms with Gasteiger partial charge in [0.15, 0.2) is 0 Å². The molecule has 0 bridgehead atoms. The standard InChI is InChI=1S/C24H22ClN3O2.ClH/c25-21-12-6-4-10-19(21)23(29)26-22-13-7-5-11-20(22)24(30)28-16-14-27(15-17-28)18-8-2-1-3-9-18;/h1-13H,14-17H2,(H,26,29);1H. The molecule has 1 heterocycles. The maximum atomic E-state index is 13.2. The molecule has 1 N–H and O–H groups in total. The van der Waals surface area contributed by atoms with Crippen molar-refractivity contribution in [3.05, 3.63) is 95.0 Å². The molecule has 4 rings (SSSR count). The van der Waals surface area contributed by atoms with Gasteiger partial charge in [-0.1, -0.05) is 54.1 Å². The van der Waals surface area contributed by atoms with Gasteiger partial charge in [0.1, 0.15) is 0 Å². The van der Waals surface area contributed by atoms with Crippen LogP contribution in [0.4, 0.5) is 11.4 Å². The smallest absolute Gasteiger partial charge is 0.257 e. The third kappa shape index (κ3) is 5.19. The van der Waals surface area contributed by atoms with Gasteiger partial charge in [-0.15, -0.1) is 12.4 Å². The van der Waals surface area contributed by atoms with Crippen molar-refractivity contribution in [1.29, 1.82) is 0 Å². The molecule has 7 heteroatoms. The zero-order valence-corrected chi connectivity index (χ0v) is 18.4. The number of nitrogens with one attached hydrogen (secondary N) is 1. The number of carbonyl (C=O) groups excluding carboxylic acids is 2. The van der Waals surface area contributed by atoms with E-state index in [9.17, 15) is 9.59 Å². The lowest BCUT2D eigenvalue weighted by atomic mass is 10.1. The van der Waals surface area contributed by atoms with Crippen LogP contribution in [0.2, 0.25) is 5.02 Å². The first-order chi connectivity index (χ1) is 14.6. The molecule has 1 saturated heterocycles. The molecule has 3 aromatic rings. The molecule has 5 nitrogen and oxygen atoms in total. The fraction of sp³-hybridized carbons (Fsp3) is 0.167. The molecule has 3 aromatic carbocycles. The minimum Gasteiger partial charge on any atom is -0.368 e. The molecule has 31 heavy (non-hydrogen) atoms. The van der Waals surface area contributed by atoms with E-state index in [1.54, 1.807) is 48.5 Å². The van der Waals surface area contributed by atoms with Crippen molar-refractivity contribution in [2.45, 2.75) is 0 Å². The molecular formula is C24H23Cl2N3O2. The summed E-state index contributed by atoms with van der Waals surface area (Å²) in [5.41, 5.74) is 2.50. The Bertz CT molecular complexity index is 1050. The van der Waals surface area contributed by atoms with Gasteiger partial charge in [0.25, 0.3) is 11.8 Å². The summed E-state index contributed by atoms with van der Waals surface area (Å²) in [6, 6.07) is 24.1. The van der Waals surface area contributed by atoms with Crippen LogP contribution in [0.15, 0.2) is 78.9 Å². The Morgan fingerprint density at radius 3 is 2.00 bits per heavy atom. The topological polar surface area (TPSA) is 52.7 Å². The van der Waals surface area contributed by atoms with Crippen LogP contribution < -0.4 is 10.2 Å². The van der Waals surface area contributed by atoms with Crippen molar-refractivity contribution in [2.24, 2.45) is 0 Å². The van der Waals surface area contributed by atoms with Gasteiger partial charge in [-0.2, -0.15) is 0 Å². The predicted octanol–water partition coefficient (Wildman–Crippen LogP) is 4.98. The van der Waals surface area contributed by atoms with E-state index >= 15 is 0 Å². The van der Waals surface area contributed by atoms with E-state index in [1.165, 1.54) is 0 Å². The van der Waals surface area contributed by atoms with E-state index in [2.05, 4.69) is 22.3 Å². The molecule has 1 aliphatic heterocycles. The average Bonchev–Trinajstić information content (AvgIpc) is 2.80. The molecular weight excluding hydrogens is 433 g/mol. The van der Waals surface area contributed by atoms with Gasteiger partial charge < -0.3 is 15.1 Å². The quantitative estimate of drug-likeness (QED) is 0.603. The largest absolute Gasteiger partial charge is 0.368 e. The summed E-state index contributed by atoms with van der Waals surface area (Å²) >= 11 is 6.13. The van der Waals surface area contributed by atoms with Gasteiger partial charge in [-0.3, -0.25) is 9.59 Å². The number of rotatable bonds is 4. The maximum Gasteiger partial charge on any atom is 0.257 e. The zero-order valence-electron chi connectivity index (χ0n) is 16.8. The molecule has 0 aromatic heterocycles. The Morgan fingerprint density at radius 1 is 0.742 bits per heavy atom. The van der Waals surface area contributed by atoms with E-state index in [0.29, 0.717) is 34.9 Å². The van der Waals surface area contributed by atoms with Gasteiger partial charge >= 0.3 is 0 Å². The van der Waals surface area contributed by atoms with Crippen LogP contribution >= 0.6 is 24.0 Å². The monoisotopic (exact) mass is 455 g/mol. The zero-order chi connectivity index (χ0) is 20.9. The van der Waals surface area contributed by atoms with Crippen molar-refractivity contribution >= 4 is 47.2 Å². The molecule has 0 radical (unpaired) electrons. The van der Waals surface area contributed by atoms with Crippen LogP contribution in [0, 0.1) is 0 Å². The van der Waals surface area contributed by atoms with Crippen molar-refractivity contribution in [3.63, 3.8) is 0 Å². The minimum atomic E-state index is -0.338. The molecule has 0 aliphatic carbocycles. The Labute approximate surface area is 193 Å². The first-order valence-corrected chi connectivity index (χ1v) is 10.3. The van der Waals surface area contributed by atoms with Crippen molar-refractivity contribution in [1.82, 2.24) is 4.90 Å². The normalized spacial score (nSPS) is 13.3. The van der Waals surface area contributed by atoms with Gasteiger partial charge in [-0.25, -0.2) is 0 Å². The SMILES string of the molecule is Cl.O=C(Nc1ccccc1C(=O)N1CCN(c2ccccc2)CC1)c1ccccc1Cl. The fourth-order valence-electron chi connectivity index (χ4n) is 3.59. The van der Waals surface area contributed by atoms with Crippen LogP contribution in [0.1, 0.15) is 20.7 Å². The number of carbonyl (C=O) groups is 2. The molecule has 1 aliphatic rings. The second-order valence-electron chi connectivity index (χ2n) is 7.09. The lowest BCUT2D eigenvalue weighted by molar-refractivity contribution is 0.0748. The van der Waals surface area contributed by atoms with Gasteiger partial charge in [0.05, 0.1) is 21.8 Å². The second-order valence-corrected chi connectivity index (χ2v) is 7.50. The highest BCUT2D eigenvalue weighted by Crippen LogP contribution is 2.22. The number of nitrogens with zero attached hydrogens (tertiary/aromatic N) is 2. The van der Waals surface area contributed by atoms with Gasteiger partial charge in [0.2, 0.25) is 0 Å². The highest BCUT2D eigenvalue weighted by Gasteiger charge is 2.24. The second kappa shape index (κ2) is 10.3. The molecule has 0 unspecified atom stereocenters. The van der Waals surface area contributed by atoms with E-state index < -0.39 is 0 Å². The van der Waals surface area contributed by atoms with Crippen LogP contribution in [0.25, 0.3) is 0 Å². The van der Waals surface area contributed by atoms with E-state index in [1.807, 2.05) is 23.1 Å². The Hall–Kier alpha value is -3.02. The first-order valence-electron chi connectivity index (χ1n) is 9.87. The lowest BCUT2D eigenvalue weighted by Crippen LogP contribution is -2.48. The molecule has 0 atom stereocenters. The Morgan fingerprint density at radius 2 is 1.32 bits per heavy atom. The lowest BCUT2D eigenvalue weighted by Gasteiger charge is -2.36. The highest BCUT2D eigenvalue weighted by molar-refractivity contribution is 6.34. The van der Waals surface area contributed by atoms with Crippen molar-refractivity contribution in [3.8, 4) is 0 Å². The highest BCUT2D eigenvalue weighted by atomic mass is 35.5. The summed E-state index contributed by atoms with van der Waals surface area (Å²) in [6.07, 6.45) is 0. The number of amides is 2. The number of benzene rings is 3. The summed E-state index contributed by atoms with van der Waals surface area (Å²) in [4.78, 5) is 29.9. The number of halogens is 2. The summed E-state index contributed by atoms with van der Waals surface area (Å²) in [7, 11) is 0. The number of hydrogen-bond acceptors (Lipinski definition) is 3. The van der Waals surface area contributed by atoms with Crippen LogP contribution in [0.5, 0.6) is 0 Å². The van der Waals surface area contributed by atoms with Gasteiger partial charge in [0, 0.05) is 31.9 Å². The van der Waals surface area contributed by atoms with E-state index in [4.69, 9.17) is 11.6 Å². The summed E-state index contributed by atoms with van der Waals surface area (Å²) in [5.74, 6) is -0.424. The maximum absolute atomic E-state index is 13.2. The molecule has 1 fully saturated rings. The van der Waals surface area contributed by atoms with E-state index in [0.717, 1.165) is 18.8 Å². The van der Waals surface area contributed by atoms with Crippen LogP contribution in [-0.2, 0) is 0 Å². The fourth-order valence-corrected chi connectivity index (χ4v) is 3.81. The third-order valence-electron chi connectivity index (χ3n) is 5.21. The number of para-hydroxylation sites is 2. The minimum absolute atomic E-state index is 0. The summed E-state index contributed by atoms with van der Waals surface area (Å²) < 4.78 is 0. The molecule has 0 spiro atoms. The third-order valence-corrected chi connectivity index (χ3v) is 5.54. The number of anilines is 2. The van der Waals surface area contributed by atoms with Crippen molar-refractivity contribution in [2.75, 3.05) is 36.4 Å². The average molecular weight is 456 g/mol. The summed E-state index contributed by atoms with van der Waals surface area (Å²) in [5, 5.41) is 3.21. The number of piperazine rings is 1. The molecule has 2 amide bonds. The first kappa shape index (κ1) is 22.7. The van der Waals surface area contributed by atoms with Gasteiger partial charge in [-0.05, 0) is 36.4 Å². The van der Waals surface area contributed by atoms with Crippen LogP contribution in [0.3, 0.4) is 0 Å². The predicted molar refractivity (Wildman–Crippen MR) is 128 cm³/mol. The van der Waals surface area contributed by atoms with Crippen molar-refractivity contribution < 1.29 is 9.59 Å².